The summed E-state index contributed by atoms with van der Waals surface area (Å²) in [5.74, 6) is 0. The van der Waals surface area contributed by atoms with E-state index in [1.54, 1.807) is 0 Å². The van der Waals surface area contributed by atoms with Gasteiger partial charge in [-0.1, -0.05) is 0 Å². The number of rotatable bonds is 0. The van der Waals surface area contributed by atoms with Crippen molar-refractivity contribution in [1.82, 2.24) is 0 Å². The molecule has 0 saturated carbocycles. The summed E-state index contributed by atoms with van der Waals surface area (Å²) < 4.78 is 0. The van der Waals surface area contributed by atoms with Gasteiger partial charge in [0.05, 0.1) is 0 Å². The second kappa shape index (κ2) is 9.50. The molecule has 0 fully saturated rings. The van der Waals surface area contributed by atoms with E-state index in [2.05, 4.69) is 0 Å². The van der Waals surface area contributed by atoms with Crippen LogP contribution in [0.2, 0.25) is 0 Å². The van der Waals surface area contributed by atoms with Gasteiger partial charge in [-0.15, -0.1) is 12.4 Å². The standard InChI is InChI=1S/CH2O3.ClH.K/c2-1(3)4;;/h(H2,2,3,4);1H;/q;;+1/p-1. The summed E-state index contributed by atoms with van der Waals surface area (Å²) in [6.07, 6.45) is -2.08. The van der Waals surface area contributed by atoms with Crippen molar-refractivity contribution in [3.63, 3.8) is 0 Å². The molecule has 0 bridgehead atoms. The SMILES string of the molecule is Cl.O=C([O-])O.[K+]. The minimum Gasteiger partial charge on any atom is -0.565 e. The monoisotopic (exact) mass is 136 g/mol. The van der Waals surface area contributed by atoms with Gasteiger partial charge in [-0.05, 0) is 0 Å². The Morgan fingerprint density at radius 2 is 1.67 bits per heavy atom. The average Bonchev–Trinajstić information content (AvgIpc) is 0.811. The van der Waals surface area contributed by atoms with Crippen molar-refractivity contribution >= 4 is 18.6 Å². The topological polar surface area (TPSA) is 60.4 Å². The van der Waals surface area contributed by atoms with Crippen molar-refractivity contribution in [2.24, 2.45) is 0 Å². The van der Waals surface area contributed by atoms with Crippen molar-refractivity contribution in [2.75, 3.05) is 0 Å². The molecule has 0 rings (SSSR count). The van der Waals surface area contributed by atoms with Crippen LogP contribution in [0.1, 0.15) is 0 Å². The maximum Gasteiger partial charge on any atom is 1.00 e. The van der Waals surface area contributed by atoms with E-state index >= 15 is 0 Å². The molecule has 0 aliphatic carbocycles. The molecule has 0 spiro atoms. The minimum absolute atomic E-state index is 0. The van der Waals surface area contributed by atoms with Crippen LogP contribution in [-0.4, -0.2) is 11.3 Å². The molecule has 0 amide bonds. The van der Waals surface area contributed by atoms with Gasteiger partial charge in [0, 0.05) is 0 Å². The van der Waals surface area contributed by atoms with E-state index < -0.39 is 6.16 Å². The van der Waals surface area contributed by atoms with Gasteiger partial charge in [-0.3, -0.25) is 0 Å². The second-order valence-electron chi connectivity index (χ2n) is 0.266. The molecule has 0 aliphatic rings. The van der Waals surface area contributed by atoms with E-state index in [9.17, 15) is 0 Å². The van der Waals surface area contributed by atoms with E-state index in [0.29, 0.717) is 0 Å². The Bertz CT molecular complexity index is 33.8. The Labute approximate surface area is 83.6 Å². The quantitative estimate of drug-likeness (QED) is 0.349. The molecular weight excluding hydrogens is 135 g/mol. The molecule has 5 heteroatoms. The van der Waals surface area contributed by atoms with Gasteiger partial charge < -0.3 is 15.0 Å². The van der Waals surface area contributed by atoms with Crippen LogP contribution in [0, 0.1) is 0 Å². The predicted molar refractivity (Wildman–Crippen MR) is 15.3 cm³/mol. The van der Waals surface area contributed by atoms with Crippen LogP contribution in [-0.2, 0) is 0 Å². The fraction of sp³-hybridized carbons (Fsp3) is 0. The van der Waals surface area contributed by atoms with Gasteiger partial charge in [0.2, 0.25) is 6.16 Å². The molecule has 6 heavy (non-hydrogen) atoms. The van der Waals surface area contributed by atoms with Gasteiger partial charge in [0.15, 0.2) is 0 Å². The Morgan fingerprint density at radius 1 is 1.67 bits per heavy atom. The first-order valence-corrected chi connectivity index (χ1v) is 0.632. The third kappa shape index (κ3) is 63.9. The van der Waals surface area contributed by atoms with Crippen LogP contribution < -0.4 is 56.5 Å². The normalized spacial score (nSPS) is 4.00. The summed E-state index contributed by atoms with van der Waals surface area (Å²) in [6.45, 7) is 0. The first kappa shape index (κ1) is 15.7. The minimum atomic E-state index is -2.08. The third-order valence-electron chi connectivity index (χ3n) is 0. The average molecular weight is 137 g/mol. The van der Waals surface area contributed by atoms with Crippen LogP contribution in [0.5, 0.6) is 0 Å². The first-order chi connectivity index (χ1) is 1.73. The van der Waals surface area contributed by atoms with Crippen LogP contribution in [0.15, 0.2) is 0 Å². The molecule has 0 heterocycles. The summed E-state index contributed by atoms with van der Waals surface area (Å²) in [5, 5.41) is 15.3. The predicted octanol–water partition coefficient (Wildman–Crippen LogP) is -3.69. The van der Waals surface area contributed by atoms with Crippen molar-refractivity contribution in [3.8, 4) is 0 Å². The van der Waals surface area contributed by atoms with Crippen LogP contribution >= 0.6 is 12.4 Å². The van der Waals surface area contributed by atoms with E-state index in [1.807, 2.05) is 0 Å². The molecule has 3 nitrogen and oxygen atoms in total. The molecule has 0 aromatic heterocycles. The first-order valence-electron chi connectivity index (χ1n) is 0.632. The zero-order valence-electron chi connectivity index (χ0n) is 3.17. The third-order valence-corrected chi connectivity index (χ3v) is 0. The van der Waals surface area contributed by atoms with Crippen LogP contribution in [0.3, 0.4) is 0 Å². The van der Waals surface area contributed by atoms with Crippen molar-refractivity contribution in [2.45, 2.75) is 0 Å². The smallest absolute Gasteiger partial charge is 0.565 e. The molecule has 0 saturated heterocycles. The van der Waals surface area contributed by atoms with Gasteiger partial charge >= 0.3 is 51.4 Å². The zero-order valence-corrected chi connectivity index (χ0v) is 7.11. The Morgan fingerprint density at radius 3 is 1.67 bits per heavy atom. The van der Waals surface area contributed by atoms with E-state index in [-0.39, 0.29) is 63.8 Å². The molecule has 0 atom stereocenters. The number of halogens is 1. The maximum absolute atomic E-state index is 8.44. The molecule has 0 radical (unpaired) electrons. The Balaban J connectivity index is -0.0000000450. The summed E-state index contributed by atoms with van der Waals surface area (Å²) in [6, 6.07) is 0. The summed E-state index contributed by atoms with van der Waals surface area (Å²) >= 11 is 0. The maximum atomic E-state index is 8.44. The summed E-state index contributed by atoms with van der Waals surface area (Å²) in [5.41, 5.74) is 0. The molecule has 0 aromatic carbocycles. The van der Waals surface area contributed by atoms with Crippen LogP contribution in [0.25, 0.3) is 0 Å². The molecule has 0 aromatic rings. The molecule has 1 N–H and O–H groups in total. The fourth-order valence-corrected chi connectivity index (χ4v) is 0. The van der Waals surface area contributed by atoms with Crippen molar-refractivity contribution < 1.29 is 66.4 Å². The molecule has 32 valence electrons. The van der Waals surface area contributed by atoms with Gasteiger partial charge in [-0.2, -0.15) is 0 Å². The summed E-state index contributed by atoms with van der Waals surface area (Å²) in [7, 11) is 0. The van der Waals surface area contributed by atoms with Crippen molar-refractivity contribution in [3.05, 3.63) is 0 Å². The number of hydrogen-bond donors (Lipinski definition) is 1. The van der Waals surface area contributed by atoms with E-state index in [1.165, 1.54) is 0 Å². The van der Waals surface area contributed by atoms with Gasteiger partial charge in [0.25, 0.3) is 0 Å². The largest absolute Gasteiger partial charge is 1.00 e. The zero-order chi connectivity index (χ0) is 3.58. The molecule has 0 aliphatic heterocycles. The second-order valence-corrected chi connectivity index (χ2v) is 0.266. The van der Waals surface area contributed by atoms with E-state index in [0.717, 1.165) is 0 Å². The summed E-state index contributed by atoms with van der Waals surface area (Å²) in [4.78, 5) is 8.44. The number of hydrogen-bond acceptors (Lipinski definition) is 2. The molecule has 0 unspecified atom stereocenters. The Hall–Kier alpha value is 1.20. The van der Waals surface area contributed by atoms with Gasteiger partial charge in [0.1, 0.15) is 0 Å². The van der Waals surface area contributed by atoms with Crippen LogP contribution in [0.4, 0.5) is 4.79 Å². The Kier molecular flexibility index (Phi) is 24.8. The van der Waals surface area contributed by atoms with Gasteiger partial charge in [-0.25, -0.2) is 0 Å². The molecular formula is CH2ClKO3. The fourth-order valence-electron chi connectivity index (χ4n) is 0. The number of carboxylic acid groups (broad SMARTS) is 2. The van der Waals surface area contributed by atoms with Crippen molar-refractivity contribution in [1.29, 1.82) is 0 Å². The number of carbonyl (C=O) groups is 1. The van der Waals surface area contributed by atoms with E-state index in [4.69, 9.17) is 15.0 Å².